The minimum Gasteiger partial charge on any atom is -0.477 e. The van der Waals surface area contributed by atoms with Crippen LogP contribution in [0.2, 0.25) is 0 Å². The van der Waals surface area contributed by atoms with E-state index in [9.17, 15) is 4.79 Å². The zero-order valence-corrected chi connectivity index (χ0v) is 11.0. The molecular weight excluding hydrogens is 230 g/mol. The number of carboxylic acid groups (broad SMARTS) is 1. The van der Waals surface area contributed by atoms with Gasteiger partial charge >= 0.3 is 5.97 Å². The number of hydrogen-bond donors (Lipinski definition) is 3. The second-order valence-corrected chi connectivity index (χ2v) is 5.89. The van der Waals surface area contributed by atoms with Gasteiger partial charge in [0.1, 0.15) is 5.69 Å². The van der Waals surface area contributed by atoms with Crippen molar-refractivity contribution in [2.24, 2.45) is 5.41 Å². The van der Waals surface area contributed by atoms with Crippen LogP contribution in [-0.2, 0) is 6.54 Å². The van der Waals surface area contributed by atoms with Crippen molar-refractivity contribution in [3.63, 3.8) is 0 Å². The van der Waals surface area contributed by atoms with Crippen LogP contribution in [-0.4, -0.2) is 27.3 Å². The third-order valence-electron chi connectivity index (χ3n) is 3.85. The predicted molar refractivity (Wildman–Crippen MR) is 68.4 cm³/mol. The Morgan fingerprint density at radius 1 is 1.56 bits per heavy atom. The van der Waals surface area contributed by atoms with E-state index in [4.69, 9.17) is 5.11 Å². The number of hydrogen-bond acceptors (Lipinski definition) is 3. The number of rotatable bonds is 4. The van der Waals surface area contributed by atoms with Gasteiger partial charge in [0, 0.05) is 18.2 Å². The Balaban J connectivity index is 1.85. The van der Waals surface area contributed by atoms with Crippen LogP contribution in [0, 0.1) is 5.41 Å². The highest BCUT2D eigenvalue weighted by Gasteiger charge is 2.26. The molecule has 5 nitrogen and oxygen atoms in total. The van der Waals surface area contributed by atoms with Crippen molar-refractivity contribution in [3.05, 3.63) is 17.5 Å². The first-order valence-electron chi connectivity index (χ1n) is 6.47. The van der Waals surface area contributed by atoms with Crippen LogP contribution < -0.4 is 5.32 Å². The molecule has 1 fully saturated rings. The van der Waals surface area contributed by atoms with Gasteiger partial charge < -0.3 is 10.4 Å². The van der Waals surface area contributed by atoms with E-state index in [-0.39, 0.29) is 5.69 Å². The van der Waals surface area contributed by atoms with E-state index in [2.05, 4.69) is 29.4 Å². The molecule has 1 saturated carbocycles. The first-order chi connectivity index (χ1) is 8.48. The third-order valence-corrected chi connectivity index (χ3v) is 3.85. The number of aromatic nitrogens is 2. The molecule has 0 radical (unpaired) electrons. The number of carboxylic acids is 1. The predicted octanol–water partition coefficient (Wildman–Crippen LogP) is 2.17. The molecular formula is C13H21N3O2. The minimum absolute atomic E-state index is 0.193. The Kier molecular flexibility index (Phi) is 3.71. The van der Waals surface area contributed by atoms with Crippen LogP contribution in [0.1, 0.15) is 55.6 Å². The van der Waals surface area contributed by atoms with Crippen molar-refractivity contribution in [1.29, 1.82) is 0 Å². The molecule has 0 amide bonds. The lowest BCUT2D eigenvalue weighted by atomic mass is 9.75. The maximum atomic E-state index is 10.9. The van der Waals surface area contributed by atoms with Gasteiger partial charge in [-0.1, -0.05) is 13.8 Å². The summed E-state index contributed by atoms with van der Waals surface area (Å²) < 4.78 is 0. The molecule has 0 spiro atoms. The lowest BCUT2D eigenvalue weighted by Crippen LogP contribution is -2.35. The topological polar surface area (TPSA) is 78.0 Å². The largest absolute Gasteiger partial charge is 0.477 e. The van der Waals surface area contributed by atoms with E-state index in [0.717, 1.165) is 18.4 Å². The van der Waals surface area contributed by atoms with Crippen molar-refractivity contribution in [2.45, 2.75) is 52.1 Å². The fourth-order valence-electron chi connectivity index (χ4n) is 2.49. The summed E-state index contributed by atoms with van der Waals surface area (Å²) in [4.78, 5) is 10.9. The van der Waals surface area contributed by atoms with Gasteiger partial charge in [0.2, 0.25) is 0 Å². The van der Waals surface area contributed by atoms with Gasteiger partial charge in [-0.15, -0.1) is 0 Å². The highest BCUT2D eigenvalue weighted by Crippen LogP contribution is 2.35. The molecule has 2 rings (SSSR count). The minimum atomic E-state index is -0.950. The maximum absolute atomic E-state index is 10.9. The number of aromatic amines is 1. The fourth-order valence-corrected chi connectivity index (χ4v) is 2.49. The van der Waals surface area contributed by atoms with E-state index in [1.54, 1.807) is 6.20 Å². The Morgan fingerprint density at radius 2 is 2.22 bits per heavy atom. The Labute approximate surface area is 107 Å². The molecule has 18 heavy (non-hydrogen) atoms. The van der Waals surface area contributed by atoms with Crippen molar-refractivity contribution in [3.8, 4) is 0 Å². The Hall–Kier alpha value is -1.36. The third kappa shape index (κ3) is 3.10. The number of aromatic carboxylic acids is 1. The van der Waals surface area contributed by atoms with E-state index in [1.807, 2.05) is 0 Å². The quantitative estimate of drug-likeness (QED) is 0.766. The lowest BCUT2D eigenvalue weighted by Gasteiger charge is -2.34. The van der Waals surface area contributed by atoms with Gasteiger partial charge in [0.25, 0.3) is 0 Å². The van der Waals surface area contributed by atoms with Crippen LogP contribution in [0.5, 0.6) is 0 Å². The second-order valence-electron chi connectivity index (χ2n) is 5.89. The Bertz CT molecular complexity index is 416. The van der Waals surface area contributed by atoms with Crippen molar-refractivity contribution >= 4 is 5.97 Å². The molecule has 0 atom stereocenters. The molecule has 0 bridgehead atoms. The molecule has 1 aromatic rings. The summed E-state index contributed by atoms with van der Waals surface area (Å²) in [7, 11) is 0. The zero-order chi connectivity index (χ0) is 13.2. The lowest BCUT2D eigenvalue weighted by molar-refractivity contribution is 0.0689. The number of carbonyl (C=O) groups is 1. The molecule has 100 valence electrons. The molecule has 0 unspecified atom stereocenters. The number of H-pyrrole nitrogens is 1. The van der Waals surface area contributed by atoms with Crippen molar-refractivity contribution < 1.29 is 9.90 Å². The summed E-state index contributed by atoms with van der Waals surface area (Å²) in [5.74, 6) is -0.950. The second kappa shape index (κ2) is 5.10. The number of nitrogens with zero attached hydrogens (tertiary/aromatic N) is 1. The van der Waals surface area contributed by atoms with Gasteiger partial charge in [-0.05, 0) is 31.1 Å². The van der Waals surface area contributed by atoms with Gasteiger partial charge in [-0.2, -0.15) is 5.10 Å². The first kappa shape index (κ1) is 13.1. The summed E-state index contributed by atoms with van der Waals surface area (Å²) in [5.41, 5.74) is 1.38. The summed E-state index contributed by atoms with van der Waals surface area (Å²) in [6, 6.07) is 0.495. The average molecular weight is 251 g/mol. The molecule has 1 aromatic heterocycles. The highest BCUT2D eigenvalue weighted by molar-refractivity contribution is 5.86. The van der Waals surface area contributed by atoms with Crippen molar-refractivity contribution in [2.75, 3.05) is 0 Å². The van der Waals surface area contributed by atoms with Gasteiger partial charge in [0.15, 0.2) is 0 Å². The van der Waals surface area contributed by atoms with E-state index >= 15 is 0 Å². The maximum Gasteiger partial charge on any atom is 0.354 e. The highest BCUT2D eigenvalue weighted by atomic mass is 16.4. The zero-order valence-electron chi connectivity index (χ0n) is 11.0. The molecule has 0 aromatic carbocycles. The van der Waals surface area contributed by atoms with Gasteiger partial charge in [-0.25, -0.2) is 4.79 Å². The van der Waals surface area contributed by atoms with Crippen LogP contribution in [0.15, 0.2) is 6.20 Å². The van der Waals surface area contributed by atoms with Crippen LogP contribution in [0.25, 0.3) is 0 Å². The molecule has 0 saturated heterocycles. The molecule has 1 aliphatic rings. The summed E-state index contributed by atoms with van der Waals surface area (Å²) in [5, 5.41) is 18.7. The summed E-state index contributed by atoms with van der Waals surface area (Å²) in [6.45, 7) is 5.19. The summed E-state index contributed by atoms with van der Waals surface area (Å²) >= 11 is 0. The summed E-state index contributed by atoms with van der Waals surface area (Å²) in [6.07, 6.45) is 6.35. The number of nitrogens with one attached hydrogen (secondary N) is 2. The SMILES string of the molecule is CC1(C)CCC(NCc2cn[nH]c2C(=O)O)CC1. The standard InChI is InChI=1S/C13H21N3O2/c1-13(2)5-3-10(4-6-13)14-7-9-8-15-16-11(9)12(17)18/h8,10,14H,3-7H2,1-2H3,(H,15,16)(H,17,18). The smallest absolute Gasteiger partial charge is 0.354 e. The van der Waals surface area contributed by atoms with Crippen LogP contribution >= 0.6 is 0 Å². The monoisotopic (exact) mass is 251 g/mol. The normalized spacial score (nSPS) is 19.9. The first-order valence-corrected chi connectivity index (χ1v) is 6.47. The average Bonchev–Trinajstić information content (AvgIpc) is 2.76. The molecule has 1 aliphatic carbocycles. The molecule has 1 heterocycles. The van der Waals surface area contributed by atoms with Crippen LogP contribution in [0.3, 0.4) is 0 Å². The molecule has 5 heteroatoms. The van der Waals surface area contributed by atoms with Crippen molar-refractivity contribution in [1.82, 2.24) is 15.5 Å². The van der Waals surface area contributed by atoms with Crippen LogP contribution in [0.4, 0.5) is 0 Å². The van der Waals surface area contributed by atoms with E-state index in [0.29, 0.717) is 18.0 Å². The van der Waals surface area contributed by atoms with E-state index < -0.39 is 5.97 Å². The van der Waals surface area contributed by atoms with Gasteiger partial charge in [0.05, 0.1) is 6.20 Å². The Morgan fingerprint density at radius 3 is 2.83 bits per heavy atom. The van der Waals surface area contributed by atoms with E-state index in [1.165, 1.54) is 12.8 Å². The fraction of sp³-hybridized carbons (Fsp3) is 0.692. The van der Waals surface area contributed by atoms with Gasteiger partial charge in [-0.3, -0.25) is 5.10 Å². The molecule has 3 N–H and O–H groups in total. The molecule has 0 aliphatic heterocycles.